The van der Waals surface area contributed by atoms with Gasteiger partial charge >= 0.3 is 0 Å². The second-order valence-electron chi connectivity index (χ2n) is 5.98. The zero-order valence-corrected chi connectivity index (χ0v) is 16.0. The van der Waals surface area contributed by atoms with E-state index in [1.54, 1.807) is 31.4 Å². The molecule has 0 aliphatic carbocycles. The van der Waals surface area contributed by atoms with Crippen molar-refractivity contribution in [3.05, 3.63) is 70.8 Å². The number of amides is 1. The summed E-state index contributed by atoms with van der Waals surface area (Å²) in [6.07, 6.45) is 4.73. The molecule has 0 saturated carbocycles. The van der Waals surface area contributed by atoms with Crippen LogP contribution in [-0.2, 0) is 11.3 Å². The van der Waals surface area contributed by atoms with E-state index in [1.807, 2.05) is 31.2 Å². The molecule has 6 nitrogen and oxygen atoms in total. The summed E-state index contributed by atoms with van der Waals surface area (Å²) in [5.41, 5.74) is 2.62. The van der Waals surface area contributed by atoms with Crippen LogP contribution in [0.25, 0.3) is 6.08 Å². The fraction of sp³-hybridized carbons (Fsp3) is 0.182. The lowest BCUT2D eigenvalue weighted by molar-refractivity contribution is -0.117. The van der Waals surface area contributed by atoms with E-state index in [1.165, 1.54) is 19.3 Å². The van der Waals surface area contributed by atoms with E-state index < -0.39 is 5.91 Å². The van der Waals surface area contributed by atoms with Crippen LogP contribution in [0.5, 0.6) is 17.2 Å². The van der Waals surface area contributed by atoms with Gasteiger partial charge in [0.25, 0.3) is 5.91 Å². The Bertz CT molecular complexity index is 955. The molecule has 0 aliphatic heterocycles. The Labute approximate surface area is 164 Å². The first-order valence-corrected chi connectivity index (χ1v) is 8.55. The fourth-order valence-electron chi connectivity index (χ4n) is 2.53. The average molecular weight is 378 g/mol. The van der Waals surface area contributed by atoms with Crippen molar-refractivity contribution in [2.45, 2.75) is 13.5 Å². The third kappa shape index (κ3) is 5.39. The molecule has 2 rings (SSSR count). The summed E-state index contributed by atoms with van der Waals surface area (Å²) in [6, 6.07) is 12.4. The summed E-state index contributed by atoms with van der Waals surface area (Å²) in [7, 11) is 3.03. The molecule has 0 spiro atoms. The molecule has 0 fully saturated rings. The summed E-state index contributed by atoms with van der Waals surface area (Å²) in [5, 5.41) is 21.6. The zero-order valence-electron chi connectivity index (χ0n) is 16.0. The number of aromatic hydroxyl groups is 1. The van der Waals surface area contributed by atoms with Gasteiger partial charge in [0, 0.05) is 12.1 Å². The molecule has 0 bridgehead atoms. The van der Waals surface area contributed by atoms with Crippen LogP contribution in [-0.4, -0.2) is 25.2 Å². The number of phenols is 1. The normalized spacial score (nSPS) is 11.1. The Morgan fingerprint density at radius 3 is 2.61 bits per heavy atom. The second kappa shape index (κ2) is 9.83. The van der Waals surface area contributed by atoms with Gasteiger partial charge in [-0.1, -0.05) is 35.9 Å². The number of phenolic OH excluding ortho intramolecular Hbond substituents is 1. The molecule has 2 aromatic rings. The zero-order chi connectivity index (χ0) is 20.5. The van der Waals surface area contributed by atoms with E-state index >= 15 is 0 Å². The molecule has 0 heterocycles. The number of nitriles is 1. The topological polar surface area (TPSA) is 91.6 Å². The molecule has 2 aromatic carbocycles. The van der Waals surface area contributed by atoms with Crippen molar-refractivity contribution in [1.29, 1.82) is 5.26 Å². The van der Waals surface area contributed by atoms with E-state index in [0.29, 0.717) is 11.5 Å². The number of nitrogens with one attached hydrogen (secondary N) is 1. The monoisotopic (exact) mass is 378 g/mol. The lowest BCUT2D eigenvalue weighted by atomic mass is 10.1. The van der Waals surface area contributed by atoms with Gasteiger partial charge < -0.3 is 19.9 Å². The van der Waals surface area contributed by atoms with E-state index in [4.69, 9.17) is 9.47 Å². The maximum atomic E-state index is 12.3. The highest BCUT2D eigenvalue weighted by Crippen LogP contribution is 2.26. The largest absolute Gasteiger partial charge is 0.504 e. The van der Waals surface area contributed by atoms with Crippen molar-refractivity contribution in [2.75, 3.05) is 14.2 Å². The van der Waals surface area contributed by atoms with Crippen molar-refractivity contribution in [3.63, 3.8) is 0 Å². The minimum atomic E-state index is -0.473. The molecular weight excluding hydrogens is 356 g/mol. The molecule has 0 unspecified atom stereocenters. The fourth-order valence-corrected chi connectivity index (χ4v) is 2.53. The van der Waals surface area contributed by atoms with Crippen molar-refractivity contribution in [1.82, 2.24) is 5.32 Å². The number of benzene rings is 2. The third-order valence-electron chi connectivity index (χ3n) is 4.00. The smallest absolute Gasteiger partial charge is 0.262 e. The van der Waals surface area contributed by atoms with Gasteiger partial charge in [0.05, 0.1) is 14.2 Å². The van der Waals surface area contributed by atoms with Crippen molar-refractivity contribution in [3.8, 4) is 23.3 Å². The highest BCUT2D eigenvalue weighted by molar-refractivity contribution is 5.97. The number of hydrogen-bond acceptors (Lipinski definition) is 5. The molecule has 0 saturated heterocycles. The standard InChI is InChI=1S/C22H22N2O4/c1-15-7-10-20(27-2)18(11-15)14-24-22(26)17(13-23)6-4-5-16-8-9-19(25)21(12-16)28-3/h4-12,25H,14H2,1-3H3,(H,24,26)/b5-4+,17-6+. The average Bonchev–Trinajstić information content (AvgIpc) is 2.70. The van der Waals surface area contributed by atoms with Crippen LogP contribution in [0.1, 0.15) is 16.7 Å². The second-order valence-corrected chi connectivity index (χ2v) is 5.98. The number of allylic oxidation sites excluding steroid dienone is 2. The summed E-state index contributed by atoms with van der Waals surface area (Å²) in [6.45, 7) is 2.20. The van der Waals surface area contributed by atoms with Crippen LogP contribution < -0.4 is 14.8 Å². The van der Waals surface area contributed by atoms with Crippen LogP contribution in [0, 0.1) is 18.3 Å². The Hall–Kier alpha value is -3.72. The van der Waals surface area contributed by atoms with Gasteiger partial charge in [-0.25, -0.2) is 0 Å². The Morgan fingerprint density at radius 1 is 1.18 bits per heavy atom. The summed E-state index contributed by atoms with van der Waals surface area (Å²) in [5.74, 6) is 0.587. The van der Waals surface area contributed by atoms with Gasteiger partial charge in [0.2, 0.25) is 0 Å². The molecule has 0 aromatic heterocycles. The number of carbonyl (C=O) groups excluding carboxylic acids is 1. The van der Waals surface area contributed by atoms with Gasteiger partial charge in [-0.05, 0) is 36.8 Å². The van der Waals surface area contributed by atoms with Crippen molar-refractivity contribution < 1.29 is 19.4 Å². The maximum Gasteiger partial charge on any atom is 0.262 e. The first-order valence-electron chi connectivity index (χ1n) is 8.55. The number of rotatable bonds is 7. The summed E-state index contributed by atoms with van der Waals surface area (Å²) < 4.78 is 10.3. The van der Waals surface area contributed by atoms with Crippen LogP contribution in [0.2, 0.25) is 0 Å². The van der Waals surface area contributed by atoms with Crippen molar-refractivity contribution >= 4 is 12.0 Å². The maximum absolute atomic E-state index is 12.3. The Balaban J connectivity index is 2.07. The summed E-state index contributed by atoms with van der Waals surface area (Å²) in [4.78, 5) is 12.3. The number of nitrogens with zero attached hydrogens (tertiary/aromatic N) is 1. The molecule has 1 amide bonds. The predicted molar refractivity (Wildman–Crippen MR) is 107 cm³/mol. The number of methoxy groups -OCH3 is 2. The SMILES string of the molecule is COc1cc(/C=C/C=C(\C#N)C(=O)NCc2cc(C)ccc2OC)ccc1O. The molecule has 28 heavy (non-hydrogen) atoms. The minimum Gasteiger partial charge on any atom is -0.504 e. The highest BCUT2D eigenvalue weighted by Gasteiger charge is 2.10. The van der Waals surface area contributed by atoms with Gasteiger partial charge in [-0.3, -0.25) is 4.79 Å². The molecule has 0 aliphatic rings. The molecule has 6 heteroatoms. The number of aryl methyl sites for hydroxylation is 1. The van der Waals surface area contributed by atoms with E-state index in [9.17, 15) is 15.2 Å². The van der Waals surface area contributed by atoms with Crippen LogP contribution in [0.15, 0.2) is 54.1 Å². The molecule has 2 N–H and O–H groups in total. The van der Waals surface area contributed by atoms with Crippen LogP contribution >= 0.6 is 0 Å². The lowest BCUT2D eigenvalue weighted by Gasteiger charge is -2.10. The Morgan fingerprint density at radius 2 is 1.93 bits per heavy atom. The van der Waals surface area contributed by atoms with E-state index in [0.717, 1.165) is 16.7 Å². The predicted octanol–water partition coefficient (Wildman–Crippen LogP) is 3.50. The van der Waals surface area contributed by atoms with Crippen LogP contribution in [0.4, 0.5) is 0 Å². The first kappa shape index (κ1) is 20.6. The molecule has 0 atom stereocenters. The number of carbonyl (C=O) groups is 1. The molecule has 144 valence electrons. The third-order valence-corrected chi connectivity index (χ3v) is 4.00. The number of ether oxygens (including phenoxy) is 2. The van der Waals surface area contributed by atoms with Gasteiger partial charge in [0.15, 0.2) is 11.5 Å². The van der Waals surface area contributed by atoms with Gasteiger partial charge in [-0.2, -0.15) is 5.26 Å². The quantitative estimate of drug-likeness (QED) is 0.437. The van der Waals surface area contributed by atoms with Crippen LogP contribution in [0.3, 0.4) is 0 Å². The van der Waals surface area contributed by atoms with E-state index in [-0.39, 0.29) is 17.9 Å². The van der Waals surface area contributed by atoms with Gasteiger partial charge in [0.1, 0.15) is 17.4 Å². The number of hydrogen-bond donors (Lipinski definition) is 2. The minimum absolute atomic E-state index is 0.0198. The first-order chi connectivity index (χ1) is 13.5. The van der Waals surface area contributed by atoms with Gasteiger partial charge in [-0.15, -0.1) is 0 Å². The summed E-state index contributed by atoms with van der Waals surface area (Å²) >= 11 is 0. The molecular formula is C22H22N2O4. The lowest BCUT2D eigenvalue weighted by Crippen LogP contribution is -2.24. The molecule has 0 radical (unpaired) electrons. The highest BCUT2D eigenvalue weighted by atomic mass is 16.5. The van der Waals surface area contributed by atoms with E-state index in [2.05, 4.69) is 5.32 Å². The Kier molecular flexibility index (Phi) is 7.23. The van der Waals surface area contributed by atoms with Crippen molar-refractivity contribution in [2.24, 2.45) is 0 Å².